The quantitative estimate of drug-likeness (QED) is 0.366. The van der Waals surface area contributed by atoms with E-state index in [-0.39, 0.29) is 11.7 Å². The average Bonchev–Trinajstić information content (AvgIpc) is 2.81. The Kier molecular flexibility index (Phi) is 3.27. The summed E-state index contributed by atoms with van der Waals surface area (Å²) in [7, 11) is 0. The molecule has 0 amide bonds. The molecule has 2 rings (SSSR count). The van der Waals surface area contributed by atoms with Crippen LogP contribution in [0.15, 0.2) is 29.7 Å². The number of amidine groups is 1. The molecule has 0 saturated heterocycles. The van der Waals surface area contributed by atoms with Crippen molar-refractivity contribution in [3.63, 3.8) is 0 Å². The van der Waals surface area contributed by atoms with E-state index in [0.29, 0.717) is 6.54 Å². The molecule has 0 aliphatic rings. The highest BCUT2D eigenvalue weighted by atomic mass is 16.4. The van der Waals surface area contributed by atoms with E-state index in [9.17, 15) is 0 Å². The van der Waals surface area contributed by atoms with Crippen LogP contribution in [0.25, 0.3) is 0 Å². The van der Waals surface area contributed by atoms with Crippen molar-refractivity contribution < 1.29 is 5.21 Å². The van der Waals surface area contributed by atoms with Crippen LogP contribution in [0, 0.1) is 13.8 Å². The molecule has 0 aliphatic carbocycles. The third-order valence-electron chi connectivity index (χ3n) is 2.84. The van der Waals surface area contributed by atoms with E-state index < -0.39 is 0 Å². The van der Waals surface area contributed by atoms with Crippen LogP contribution in [0.1, 0.15) is 22.5 Å². The lowest BCUT2D eigenvalue weighted by atomic mass is 10.0. The summed E-state index contributed by atoms with van der Waals surface area (Å²) in [4.78, 5) is 3.98. The van der Waals surface area contributed by atoms with E-state index in [4.69, 9.17) is 10.9 Å². The molecule has 0 fully saturated rings. The Labute approximate surface area is 105 Å². The summed E-state index contributed by atoms with van der Waals surface area (Å²) >= 11 is 0. The van der Waals surface area contributed by atoms with Crippen molar-refractivity contribution in [2.75, 3.05) is 0 Å². The lowest BCUT2D eigenvalue weighted by Gasteiger charge is -2.08. The zero-order chi connectivity index (χ0) is 13.1. The molecule has 0 radical (unpaired) electrons. The summed E-state index contributed by atoms with van der Waals surface area (Å²) in [5, 5.41) is 15.6. The fourth-order valence-corrected chi connectivity index (χ4v) is 1.79. The fourth-order valence-electron chi connectivity index (χ4n) is 1.79. The first-order chi connectivity index (χ1) is 8.61. The SMILES string of the molecule is Cc1cccc(C)c1Cn1cnc(/C(N)=N/O)n1. The third kappa shape index (κ3) is 2.32. The smallest absolute Gasteiger partial charge is 0.219 e. The Morgan fingerprint density at radius 3 is 2.67 bits per heavy atom. The Morgan fingerprint density at radius 2 is 2.06 bits per heavy atom. The lowest BCUT2D eigenvalue weighted by molar-refractivity contribution is 0.318. The first-order valence-electron chi connectivity index (χ1n) is 5.54. The predicted molar refractivity (Wildman–Crippen MR) is 67.6 cm³/mol. The average molecular weight is 245 g/mol. The number of nitrogens with zero attached hydrogens (tertiary/aromatic N) is 4. The Balaban J connectivity index is 2.27. The molecule has 0 atom stereocenters. The van der Waals surface area contributed by atoms with Gasteiger partial charge in [-0.1, -0.05) is 23.4 Å². The summed E-state index contributed by atoms with van der Waals surface area (Å²) in [6, 6.07) is 6.14. The highest BCUT2D eigenvalue weighted by molar-refractivity contribution is 5.93. The molecule has 3 N–H and O–H groups in total. The van der Waals surface area contributed by atoms with E-state index in [0.717, 1.165) is 0 Å². The van der Waals surface area contributed by atoms with Gasteiger partial charge in [0.1, 0.15) is 6.33 Å². The first kappa shape index (κ1) is 12.1. The Hall–Kier alpha value is -2.37. The molecule has 0 bridgehead atoms. The normalized spacial score (nSPS) is 11.8. The van der Waals surface area contributed by atoms with Crippen molar-refractivity contribution in [2.24, 2.45) is 10.9 Å². The van der Waals surface area contributed by atoms with Crippen molar-refractivity contribution in [2.45, 2.75) is 20.4 Å². The van der Waals surface area contributed by atoms with Crippen LogP contribution in [-0.2, 0) is 6.54 Å². The van der Waals surface area contributed by atoms with Crippen LogP contribution < -0.4 is 5.73 Å². The topological polar surface area (TPSA) is 89.3 Å². The maximum Gasteiger partial charge on any atom is 0.219 e. The Bertz CT molecular complexity index is 568. The van der Waals surface area contributed by atoms with Crippen molar-refractivity contribution in [3.05, 3.63) is 47.0 Å². The van der Waals surface area contributed by atoms with Gasteiger partial charge in [0, 0.05) is 0 Å². The predicted octanol–water partition coefficient (Wildman–Crippen LogP) is 1.04. The largest absolute Gasteiger partial charge is 0.409 e. The van der Waals surface area contributed by atoms with Crippen molar-refractivity contribution in [1.29, 1.82) is 0 Å². The molecule has 0 spiro atoms. The summed E-state index contributed by atoms with van der Waals surface area (Å²) in [6.07, 6.45) is 1.57. The van der Waals surface area contributed by atoms with E-state index in [1.54, 1.807) is 11.0 Å². The molecule has 1 heterocycles. The van der Waals surface area contributed by atoms with E-state index in [1.807, 2.05) is 6.07 Å². The second-order valence-electron chi connectivity index (χ2n) is 4.12. The molecule has 1 aromatic carbocycles. The van der Waals surface area contributed by atoms with Crippen LogP contribution in [0.5, 0.6) is 0 Å². The number of aromatic nitrogens is 3. The molecular formula is C12H15N5O. The summed E-state index contributed by atoms with van der Waals surface area (Å²) in [5.74, 6) is 0.138. The van der Waals surface area contributed by atoms with Gasteiger partial charge in [0.2, 0.25) is 11.7 Å². The highest BCUT2D eigenvalue weighted by Crippen LogP contribution is 2.14. The van der Waals surface area contributed by atoms with Gasteiger partial charge >= 0.3 is 0 Å². The number of rotatable bonds is 3. The van der Waals surface area contributed by atoms with Gasteiger partial charge in [0.05, 0.1) is 6.54 Å². The minimum atomic E-state index is -0.0877. The molecule has 0 unspecified atom stereocenters. The van der Waals surface area contributed by atoms with Crippen LogP contribution >= 0.6 is 0 Å². The molecule has 0 aliphatic heterocycles. The van der Waals surface area contributed by atoms with E-state index in [2.05, 4.69) is 41.2 Å². The molecule has 6 heteroatoms. The van der Waals surface area contributed by atoms with Crippen molar-refractivity contribution >= 4 is 5.84 Å². The maximum absolute atomic E-state index is 8.55. The van der Waals surface area contributed by atoms with Gasteiger partial charge in [-0.25, -0.2) is 9.67 Å². The van der Waals surface area contributed by atoms with E-state index in [1.165, 1.54) is 16.7 Å². The second-order valence-corrected chi connectivity index (χ2v) is 4.12. The highest BCUT2D eigenvalue weighted by Gasteiger charge is 2.08. The number of aryl methyl sites for hydroxylation is 2. The van der Waals surface area contributed by atoms with Crippen LogP contribution in [0.3, 0.4) is 0 Å². The van der Waals surface area contributed by atoms with Gasteiger partial charge in [-0.15, -0.1) is 5.10 Å². The number of oxime groups is 1. The molecule has 2 aromatic rings. The van der Waals surface area contributed by atoms with Crippen molar-refractivity contribution in [3.8, 4) is 0 Å². The molecule has 94 valence electrons. The standard InChI is InChI=1S/C12H15N5O/c1-8-4-3-5-9(2)10(8)6-17-7-14-12(15-17)11(13)16-18/h3-5,7,18H,6H2,1-2H3,(H2,13,16). The summed E-state index contributed by atoms with van der Waals surface area (Å²) in [5.41, 5.74) is 9.03. The van der Waals surface area contributed by atoms with Crippen LogP contribution in [-0.4, -0.2) is 25.8 Å². The monoisotopic (exact) mass is 245 g/mol. The third-order valence-corrected chi connectivity index (χ3v) is 2.84. The van der Waals surface area contributed by atoms with Crippen molar-refractivity contribution in [1.82, 2.24) is 14.8 Å². The van der Waals surface area contributed by atoms with Gasteiger partial charge in [-0.2, -0.15) is 0 Å². The number of hydrogen-bond donors (Lipinski definition) is 2. The zero-order valence-corrected chi connectivity index (χ0v) is 10.3. The fraction of sp³-hybridized carbons (Fsp3) is 0.250. The molecule has 0 saturated carbocycles. The van der Waals surface area contributed by atoms with Gasteiger partial charge < -0.3 is 10.9 Å². The lowest BCUT2D eigenvalue weighted by Crippen LogP contribution is -2.16. The minimum Gasteiger partial charge on any atom is -0.409 e. The molecular weight excluding hydrogens is 230 g/mol. The van der Waals surface area contributed by atoms with Gasteiger partial charge in [-0.3, -0.25) is 0 Å². The van der Waals surface area contributed by atoms with E-state index >= 15 is 0 Å². The minimum absolute atomic E-state index is 0.0877. The van der Waals surface area contributed by atoms with Gasteiger partial charge in [0.15, 0.2) is 0 Å². The molecule has 1 aromatic heterocycles. The van der Waals surface area contributed by atoms with Crippen LogP contribution in [0.4, 0.5) is 0 Å². The number of hydrogen-bond acceptors (Lipinski definition) is 4. The second kappa shape index (κ2) is 4.87. The van der Waals surface area contributed by atoms with Crippen LogP contribution in [0.2, 0.25) is 0 Å². The Morgan fingerprint density at radius 1 is 1.39 bits per heavy atom. The van der Waals surface area contributed by atoms with Gasteiger partial charge in [0.25, 0.3) is 0 Å². The summed E-state index contributed by atoms with van der Waals surface area (Å²) in [6.45, 7) is 4.73. The zero-order valence-electron chi connectivity index (χ0n) is 10.3. The van der Waals surface area contributed by atoms with Gasteiger partial charge in [-0.05, 0) is 30.5 Å². The number of benzene rings is 1. The number of nitrogens with two attached hydrogens (primary N) is 1. The molecule has 18 heavy (non-hydrogen) atoms. The maximum atomic E-state index is 8.55. The molecule has 6 nitrogen and oxygen atoms in total. The summed E-state index contributed by atoms with van der Waals surface area (Å²) < 4.78 is 1.67. The first-order valence-corrected chi connectivity index (χ1v) is 5.54.